The molecule has 4 nitrogen and oxygen atoms in total. The molecule has 20 heavy (non-hydrogen) atoms. The minimum atomic E-state index is -0.523. The lowest BCUT2D eigenvalue weighted by atomic mass is 10.1. The first-order valence-electron chi connectivity index (χ1n) is 7.14. The zero-order valence-corrected chi connectivity index (χ0v) is 12.3. The molecule has 1 saturated carbocycles. The smallest absolute Gasteiger partial charge is 0.230 e. The van der Waals surface area contributed by atoms with Crippen molar-refractivity contribution in [3.8, 4) is 5.75 Å². The number of hydrogen-bond acceptors (Lipinski definition) is 3. The molecular formula is C16H23NO3. The van der Waals surface area contributed by atoms with E-state index < -0.39 is 6.10 Å². The molecule has 1 aromatic rings. The summed E-state index contributed by atoms with van der Waals surface area (Å²) in [5.41, 5.74) is 0.333. The molecule has 110 valence electrons. The summed E-state index contributed by atoms with van der Waals surface area (Å²) in [6, 6.07) is 7.39. The number of amides is 1. The number of ether oxygens (including phenoxy) is 1. The zero-order valence-electron chi connectivity index (χ0n) is 12.3. The normalized spacial score (nSPS) is 22.6. The number of benzene rings is 1. The van der Waals surface area contributed by atoms with E-state index in [0.717, 1.165) is 12.8 Å². The van der Waals surface area contributed by atoms with E-state index in [9.17, 15) is 9.90 Å². The predicted octanol–water partition coefficient (Wildman–Crippen LogP) is 2.96. The van der Waals surface area contributed by atoms with Gasteiger partial charge in [0.2, 0.25) is 5.91 Å². The van der Waals surface area contributed by atoms with Crippen LogP contribution in [0.3, 0.4) is 0 Å². The van der Waals surface area contributed by atoms with Crippen LogP contribution >= 0.6 is 0 Å². The van der Waals surface area contributed by atoms with Gasteiger partial charge >= 0.3 is 0 Å². The van der Waals surface area contributed by atoms with Gasteiger partial charge in [-0.2, -0.15) is 0 Å². The number of aliphatic hydroxyl groups is 1. The van der Waals surface area contributed by atoms with E-state index in [4.69, 9.17) is 4.74 Å². The van der Waals surface area contributed by atoms with Gasteiger partial charge in [-0.25, -0.2) is 0 Å². The summed E-state index contributed by atoms with van der Waals surface area (Å²) in [5, 5.41) is 12.7. The highest BCUT2D eigenvalue weighted by Crippen LogP contribution is 2.31. The third-order valence-electron chi connectivity index (χ3n) is 3.38. The van der Waals surface area contributed by atoms with E-state index in [2.05, 4.69) is 5.32 Å². The van der Waals surface area contributed by atoms with Gasteiger partial charge in [0.25, 0.3) is 0 Å². The molecular weight excluding hydrogens is 254 g/mol. The molecule has 1 aliphatic rings. The van der Waals surface area contributed by atoms with Crippen LogP contribution in [0.25, 0.3) is 0 Å². The van der Waals surface area contributed by atoms with Crippen LogP contribution in [0.1, 0.15) is 40.0 Å². The Hall–Kier alpha value is -1.55. The first kappa shape index (κ1) is 14.9. The standard InChI is InChI=1S/C16H23NO3/c1-16(2,3)20-14-10-5-4-8-12(14)17-15(19)11-7-6-9-13(11)18/h4-5,8,10-11,13,18H,6-7,9H2,1-3H3,(H,17,19). The average Bonchev–Trinajstić information content (AvgIpc) is 2.76. The molecule has 0 spiro atoms. The highest BCUT2D eigenvalue weighted by atomic mass is 16.5. The van der Waals surface area contributed by atoms with Gasteiger partial charge in [0.05, 0.1) is 17.7 Å². The Morgan fingerprint density at radius 3 is 2.60 bits per heavy atom. The van der Waals surface area contributed by atoms with Crippen LogP contribution in [0.5, 0.6) is 5.75 Å². The third kappa shape index (κ3) is 3.73. The topological polar surface area (TPSA) is 58.6 Å². The van der Waals surface area contributed by atoms with Crippen molar-refractivity contribution in [1.82, 2.24) is 0 Å². The second-order valence-electron chi connectivity index (χ2n) is 6.30. The van der Waals surface area contributed by atoms with Crippen molar-refractivity contribution in [3.63, 3.8) is 0 Å². The summed E-state index contributed by atoms with van der Waals surface area (Å²) in [6.45, 7) is 5.89. The molecule has 2 unspecified atom stereocenters. The van der Waals surface area contributed by atoms with Gasteiger partial charge in [-0.05, 0) is 52.2 Å². The molecule has 0 heterocycles. The van der Waals surface area contributed by atoms with E-state index in [1.807, 2.05) is 45.0 Å². The molecule has 1 aliphatic carbocycles. The van der Waals surface area contributed by atoms with E-state index in [0.29, 0.717) is 17.9 Å². The molecule has 2 atom stereocenters. The van der Waals surface area contributed by atoms with Crippen LogP contribution < -0.4 is 10.1 Å². The summed E-state index contributed by atoms with van der Waals surface area (Å²) in [5.74, 6) is 0.221. The molecule has 0 bridgehead atoms. The second-order valence-corrected chi connectivity index (χ2v) is 6.30. The van der Waals surface area contributed by atoms with E-state index in [1.165, 1.54) is 0 Å². The number of rotatable bonds is 3. The number of anilines is 1. The van der Waals surface area contributed by atoms with Crippen LogP contribution in [-0.2, 0) is 4.79 Å². The van der Waals surface area contributed by atoms with Crippen molar-refractivity contribution in [1.29, 1.82) is 0 Å². The van der Waals surface area contributed by atoms with Crippen molar-refractivity contribution in [3.05, 3.63) is 24.3 Å². The Morgan fingerprint density at radius 1 is 1.30 bits per heavy atom. The minimum Gasteiger partial charge on any atom is -0.486 e. The van der Waals surface area contributed by atoms with Crippen LogP contribution in [0.15, 0.2) is 24.3 Å². The van der Waals surface area contributed by atoms with Crippen LogP contribution in [0.2, 0.25) is 0 Å². The Labute approximate surface area is 120 Å². The largest absolute Gasteiger partial charge is 0.486 e. The van der Waals surface area contributed by atoms with Crippen molar-refractivity contribution < 1.29 is 14.6 Å². The van der Waals surface area contributed by atoms with Gasteiger partial charge in [-0.3, -0.25) is 4.79 Å². The van der Waals surface area contributed by atoms with Crippen LogP contribution in [0, 0.1) is 5.92 Å². The number of carbonyl (C=O) groups is 1. The fourth-order valence-corrected chi connectivity index (χ4v) is 2.46. The van der Waals surface area contributed by atoms with Gasteiger partial charge in [-0.15, -0.1) is 0 Å². The lowest BCUT2D eigenvalue weighted by molar-refractivity contribution is -0.122. The Balaban J connectivity index is 2.11. The molecule has 4 heteroatoms. The van der Waals surface area contributed by atoms with Gasteiger partial charge in [0.1, 0.15) is 11.4 Å². The van der Waals surface area contributed by atoms with Crippen molar-refractivity contribution >= 4 is 11.6 Å². The Kier molecular flexibility index (Phi) is 4.33. The summed E-state index contributed by atoms with van der Waals surface area (Å²) in [7, 11) is 0. The zero-order chi connectivity index (χ0) is 14.8. The first-order chi connectivity index (χ1) is 9.37. The second kappa shape index (κ2) is 5.83. The highest BCUT2D eigenvalue weighted by molar-refractivity contribution is 5.94. The SMILES string of the molecule is CC(C)(C)Oc1ccccc1NC(=O)C1CCCC1O. The first-order valence-corrected chi connectivity index (χ1v) is 7.14. The fourth-order valence-electron chi connectivity index (χ4n) is 2.46. The monoisotopic (exact) mass is 277 g/mol. The number of nitrogens with one attached hydrogen (secondary N) is 1. The molecule has 0 saturated heterocycles. The third-order valence-corrected chi connectivity index (χ3v) is 3.38. The summed E-state index contributed by atoms with van der Waals surface area (Å²) < 4.78 is 5.85. The van der Waals surface area contributed by atoms with Gasteiger partial charge in [0.15, 0.2) is 0 Å². The Morgan fingerprint density at radius 2 is 2.00 bits per heavy atom. The summed E-state index contributed by atoms with van der Waals surface area (Å²) >= 11 is 0. The Bertz CT molecular complexity index is 479. The van der Waals surface area contributed by atoms with Gasteiger partial charge in [0, 0.05) is 0 Å². The number of para-hydroxylation sites is 2. The van der Waals surface area contributed by atoms with E-state index in [-0.39, 0.29) is 17.4 Å². The minimum absolute atomic E-state index is 0.125. The maximum atomic E-state index is 12.2. The lowest BCUT2D eigenvalue weighted by Gasteiger charge is -2.24. The van der Waals surface area contributed by atoms with Crippen molar-refractivity contribution in [2.75, 3.05) is 5.32 Å². The molecule has 1 aromatic carbocycles. The molecule has 2 rings (SSSR count). The predicted molar refractivity (Wildman–Crippen MR) is 78.8 cm³/mol. The molecule has 0 aliphatic heterocycles. The molecule has 0 aromatic heterocycles. The number of aliphatic hydroxyl groups excluding tert-OH is 1. The summed E-state index contributed by atoms with van der Waals surface area (Å²) in [4.78, 5) is 12.2. The molecule has 1 fully saturated rings. The van der Waals surface area contributed by atoms with Crippen LogP contribution in [-0.4, -0.2) is 22.7 Å². The van der Waals surface area contributed by atoms with Gasteiger partial charge < -0.3 is 15.2 Å². The number of hydrogen-bond donors (Lipinski definition) is 2. The number of carbonyl (C=O) groups excluding carboxylic acids is 1. The summed E-state index contributed by atoms with van der Waals surface area (Å²) in [6.07, 6.45) is 1.83. The fraction of sp³-hybridized carbons (Fsp3) is 0.562. The molecule has 2 N–H and O–H groups in total. The maximum Gasteiger partial charge on any atom is 0.230 e. The highest BCUT2D eigenvalue weighted by Gasteiger charge is 2.31. The van der Waals surface area contributed by atoms with E-state index in [1.54, 1.807) is 0 Å². The molecule has 1 amide bonds. The van der Waals surface area contributed by atoms with Crippen molar-refractivity contribution in [2.24, 2.45) is 5.92 Å². The van der Waals surface area contributed by atoms with Crippen molar-refractivity contribution in [2.45, 2.75) is 51.7 Å². The maximum absolute atomic E-state index is 12.2. The van der Waals surface area contributed by atoms with Crippen LogP contribution in [0.4, 0.5) is 5.69 Å². The quantitative estimate of drug-likeness (QED) is 0.893. The molecule has 0 radical (unpaired) electrons. The average molecular weight is 277 g/mol. The van der Waals surface area contributed by atoms with E-state index >= 15 is 0 Å². The van der Waals surface area contributed by atoms with Gasteiger partial charge in [-0.1, -0.05) is 12.1 Å². The lowest BCUT2D eigenvalue weighted by Crippen LogP contribution is -2.29.